The maximum Gasteiger partial charge on any atom is 0.153 e. The van der Waals surface area contributed by atoms with E-state index in [1.807, 2.05) is 50.4 Å². The lowest BCUT2D eigenvalue weighted by Gasteiger charge is -2.29. The van der Waals surface area contributed by atoms with Gasteiger partial charge in [0.1, 0.15) is 11.3 Å². The third kappa shape index (κ3) is 4.80. The van der Waals surface area contributed by atoms with Crippen LogP contribution in [0.4, 0.5) is 17.1 Å². The zero-order chi connectivity index (χ0) is 21.5. The highest BCUT2D eigenvalue weighted by molar-refractivity contribution is 6.01. The molecule has 0 unspecified atom stereocenters. The van der Waals surface area contributed by atoms with Crippen molar-refractivity contribution in [3.63, 3.8) is 0 Å². The van der Waals surface area contributed by atoms with Crippen LogP contribution in [0.5, 0.6) is 0 Å². The molecule has 2 heterocycles. The van der Waals surface area contributed by atoms with Crippen molar-refractivity contribution in [3.8, 4) is 0 Å². The number of piperazine rings is 1. The molecule has 1 aromatic heterocycles. The number of carbonyl (C=O) groups excluding carboxylic acids is 1. The Morgan fingerprint density at radius 1 is 1.17 bits per heavy atom. The number of carbonyl (C=O) groups is 1. The predicted molar refractivity (Wildman–Crippen MR) is 125 cm³/mol. The Balaban J connectivity index is 0.000000187. The minimum Gasteiger partial charge on any atom is -0.461 e. The van der Waals surface area contributed by atoms with E-state index in [1.165, 1.54) is 0 Å². The van der Waals surface area contributed by atoms with Crippen molar-refractivity contribution in [3.05, 3.63) is 53.3 Å². The first-order valence-corrected chi connectivity index (χ1v) is 10.0. The van der Waals surface area contributed by atoms with Crippen LogP contribution in [-0.4, -0.2) is 52.8 Å². The summed E-state index contributed by atoms with van der Waals surface area (Å²) < 4.78 is 5.65. The molecule has 3 aromatic rings. The van der Waals surface area contributed by atoms with Gasteiger partial charge in [-0.2, -0.15) is 0 Å². The highest BCUT2D eigenvalue weighted by atomic mass is 16.3. The fraction of sp³-hybridized carbons (Fsp3) is 0.304. The van der Waals surface area contributed by atoms with E-state index in [9.17, 15) is 4.79 Å². The topological polar surface area (TPSA) is 95.9 Å². The first-order valence-electron chi connectivity index (χ1n) is 10.0. The Labute approximate surface area is 177 Å². The summed E-state index contributed by atoms with van der Waals surface area (Å²) in [5.74, 6) is 0.843. The Bertz CT molecular complexity index is 1040. The van der Waals surface area contributed by atoms with Crippen LogP contribution < -0.4 is 21.3 Å². The molecule has 7 nitrogen and oxygen atoms in total. The smallest absolute Gasteiger partial charge is 0.153 e. The number of nitrogens with one attached hydrogen (secondary N) is 2. The number of hydrogen-bond acceptors (Lipinski definition) is 7. The van der Waals surface area contributed by atoms with Gasteiger partial charge in [0.05, 0.1) is 5.56 Å². The van der Waals surface area contributed by atoms with Gasteiger partial charge in [0.2, 0.25) is 0 Å². The Hall–Kier alpha value is -3.32. The average Bonchev–Trinajstić information content (AvgIpc) is 3.17. The van der Waals surface area contributed by atoms with Gasteiger partial charge in [0.25, 0.3) is 0 Å². The number of aryl methyl sites for hydroxylation is 1. The minimum absolute atomic E-state index is 0.622. The Morgan fingerprint density at radius 3 is 2.53 bits per heavy atom. The van der Waals surface area contributed by atoms with Crippen molar-refractivity contribution in [2.75, 3.05) is 56.2 Å². The van der Waals surface area contributed by atoms with Crippen molar-refractivity contribution >= 4 is 40.5 Å². The highest BCUT2D eigenvalue weighted by Crippen LogP contribution is 2.31. The van der Waals surface area contributed by atoms with Crippen LogP contribution in [0, 0.1) is 6.92 Å². The second-order valence-corrected chi connectivity index (χ2v) is 7.11. The van der Waals surface area contributed by atoms with Crippen LogP contribution in [0.25, 0.3) is 11.0 Å². The van der Waals surface area contributed by atoms with E-state index in [0.717, 1.165) is 66.2 Å². The van der Waals surface area contributed by atoms with Gasteiger partial charge in [-0.25, -0.2) is 0 Å². The molecule has 30 heavy (non-hydrogen) atoms. The number of aliphatic imine (C=N–C) groups is 1. The molecule has 0 saturated carbocycles. The molecule has 1 aliphatic heterocycles. The van der Waals surface area contributed by atoms with E-state index < -0.39 is 0 Å². The molecule has 0 aliphatic carbocycles. The standard InChI is InChI=1S/C14H16N2O2.C9H13N3/c1-10-8-12-13(16-6-4-15-5-7-16)3-2-11(9-17)14(12)18-10;1-11-6-7-3-4-8(12-2)5-9(7)10/h2-3,8-9,15H,4-7H2,1H3;3-6,12H,10H2,1-2H3. The van der Waals surface area contributed by atoms with Crippen LogP contribution in [0.2, 0.25) is 0 Å². The Morgan fingerprint density at radius 2 is 1.90 bits per heavy atom. The number of aldehydes is 1. The number of hydrogen-bond donors (Lipinski definition) is 3. The number of rotatable bonds is 4. The zero-order valence-corrected chi connectivity index (χ0v) is 17.7. The molecule has 0 atom stereocenters. The number of fused-ring (bicyclic) bond motifs is 1. The first kappa shape index (κ1) is 21.4. The maximum atomic E-state index is 11.0. The normalized spacial score (nSPS) is 13.9. The van der Waals surface area contributed by atoms with E-state index in [1.54, 1.807) is 13.3 Å². The third-order valence-electron chi connectivity index (χ3n) is 5.04. The first-order chi connectivity index (χ1) is 14.6. The summed E-state index contributed by atoms with van der Waals surface area (Å²) in [6.45, 7) is 5.87. The molecule has 0 spiro atoms. The molecular formula is C23H29N5O2. The van der Waals surface area contributed by atoms with Crippen LogP contribution in [0.3, 0.4) is 0 Å². The van der Waals surface area contributed by atoms with E-state index >= 15 is 0 Å². The van der Waals surface area contributed by atoms with Gasteiger partial charge in [0.15, 0.2) is 6.29 Å². The fourth-order valence-corrected chi connectivity index (χ4v) is 3.51. The van der Waals surface area contributed by atoms with Crippen molar-refractivity contribution in [1.29, 1.82) is 0 Å². The molecule has 158 valence electrons. The van der Waals surface area contributed by atoms with Gasteiger partial charge < -0.3 is 25.7 Å². The van der Waals surface area contributed by atoms with Crippen molar-refractivity contribution in [1.82, 2.24) is 5.32 Å². The maximum absolute atomic E-state index is 11.0. The number of furan rings is 1. The molecule has 1 saturated heterocycles. The average molecular weight is 408 g/mol. The molecule has 7 heteroatoms. The predicted octanol–water partition coefficient (Wildman–Crippen LogP) is 3.32. The van der Waals surface area contributed by atoms with Crippen molar-refractivity contribution < 1.29 is 9.21 Å². The minimum atomic E-state index is 0.622. The van der Waals surface area contributed by atoms with Gasteiger partial charge in [0, 0.05) is 74.5 Å². The number of nitrogen functional groups attached to an aromatic ring is 1. The Kier molecular flexibility index (Phi) is 7.08. The summed E-state index contributed by atoms with van der Waals surface area (Å²) >= 11 is 0. The van der Waals surface area contributed by atoms with Gasteiger partial charge in [-0.1, -0.05) is 0 Å². The monoisotopic (exact) mass is 407 g/mol. The summed E-state index contributed by atoms with van der Waals surface area (Å²) in [6, 6.07) is 11.7. The molecule has 1 fully saturated rings. The number of benzene rings is 2. The van der Waals surface area contributed by atoms with Crippen LogP contribution >= 0.6 is 0 Å². The highest BCUT2D eigenvalue weighted by Gasteiger charge is 2.17. The van der Waals surface area contributed by atoms with Crippen molar-refractivity contribution in [2.24, 2.45) is 4.99 Å². The van der Waals surface area contributed by atoms with E-state index in [-0.39, 0.29) is 0 Å². The van der Waals surface area contributed by atoms with E-state index in [2.05, 4.69) is 20.5 Å². The van der Waals surface area contributed by atoms with Crippen molar-refractivity contribution in [2.45, 2.75) is 6.92 Å². The molecule has 0 amide bonds. The number of nitrogens with two attached hydrogens (primary N) is 1. The van der Waals surface area contributed by atoms with Gasteiger partial charge >= 0.3 is 0 Å². The van der Waals surface area contributed by atoms with Gasteiger partial charge in [-0.05, 0) is 43.3 Å². The molecule has 0 radical (unpaired) electrons. The summed E-state index contributed by atoms with van der Waals surface area (Å²) in [5, 5.41) is 7.39. The molecule has 4 N–H and O–H groups in total. The molecule has 4 rings (SSSR count). The number of anilines is 3. The summed E-state index contributed by atoms with van der Waals surface area (Å²) in [4.78, 5) is 17.3. The lowest BCUT2D eigenvalue weighted by molar-refractivity contribution is 0.112. The lowest BCUT2D eigenvalue weighted by atomic mass is 10.1. The fourth-order valence-electron chi connectivity index (χ4n) is 3.51. The van der Waals surface area contributed by atoms with Crippen LogP contribution in [-0.2, 0) is 0 Å². The van der Waals surface area contributed by atoms with E-state index in [4.69, 9.17) is 10.2 Å². The largest absolute Gasteiger partial charge is 0.461 e. The number of nitrogens with zero attached hydrogens (tertiary/aromatic N) is 2. The van der Waals surface area contributed by atoms with Crippen LogP contribution in [0.15, 0.2) is 45.8 Å². The summed E-state index contributed by atoms with van der Waals surface area (Å²) in [6.07, 6.45) is 2.60. The zero-order valence-electron chi connectivity index (χ0n) is 17.7. The van der Waals surface area contributed by atoms with E-state index in [0.29, 0.717) is 11.1 Å². The second kappa shape index (κ2) is 9.93. The SMILES string of the molecule is CN=Cc1ccc(NC)cc1N.Cc1cc2c(N3CCNCC3)ccc(C=O)c2o1. The third-order valence-corrected chi connectivity index (χ3v) is 5.04. The summed E-state index contributed by atoms with van der Waals surface area (Å²) in [7, 11) is 3.59. The quantitative estimate of drug-likeness (QED) is 0.349. The molecule has 2 aromatic carbocycles. The lowest BCUT2D eigenvalue weighted by Crippen LogP contribution is -2.43. The molecule has 0 bridgehead atoms. The summed E-state index contributed by atoms with van der Waals surface area (Å²) in [5.41, 5.74) is 11.0. The second-order valence-electron chi connectivity index (χ2n) is 7.11. The molecular weight excluding hydrogens is 378 g/mol. The van der Waals surface area contributed by atoms with Crippen LogP contribution in [0.1, 0.15) is 21.7 Å². The molecule has 1 aliphatic rings. The van der Waals surface area contributed by atoms with Gasteiger partial charge in [-0.3, -0.25) is 9.79 Å². The van der Waals surface area contributed by atoms with Gasteiger partial charge in [-0.15, -0.1) is 0 Å².